The van der Waals surface area contributed by atoms with E-state index in [1.54, 1.807) is 4.90 Å². The first kappa shape index (κ1) is 17.0. The van der Waals surface area contributed by atoms with E-state index in [1.165, 1.54) is 0 Å². The number of nitrogens with zero attached hydrogens (tertiary/aromatic N) is 1. The molecule has 1 unspecified atom stereocenters. The first-order chi connectivity index (χ1) is 10.3. The molecule has 0 spiro atoms. The van der Waals surface area contributed by atoms with Crippen LogP contribution in [0.15, 0.2) is 29.2 Å². The van der Waals surface area contributed by atoms with Crippen molar-refractivity contribution in [1.29, 1.82) is 0 Å². The molecule has 1 aromatic rings. The molecule has 0 bridgehead atoms. The van der Waals surface area contributed by atoms with E-state index < -0.39 is 16.4 Å². The fourth-order valence-electron chi connectivity index (χ4n) is 2.53. The molecular formula is C17H25NO3S. The SMILES string of the molecule is Cc1ccc(S(=O)C[C@@H]2CCCN2C(=O)OC(C)(C)C)cc1. The average molecular weight is 323 g/mol. The molecule has 1 aliphatic rings. The van der Waals surface area contributed by atoms with Crippen molar-refractivity contribution in [1.82, 2.24) is 4.90 Å². The summed E-state index contributed by atoms with van der Waals surface area (Å²) in [5.74, 6) is 0.475. The van der Waals surface area contributed by atoms with Crippen LogP contribution in [0.3, 0.4) is 0 Å². The number of carbonyl (C=O) groups is 1. The van der Waals surface area contributed by atoms with Gasteiger partial charge >= 0.3 is 6.09 Å². The number of rotatable bonds is 3. The van der Waals surface area contributed by atoms with Crippen LogP contribution in [-0.2, 0) is 15.5 Å². The van der Waals surface area contributed by atoms with E-state index in [1.807, 2.05) is 52.0 Å². The summed E-state index contributed by atoms with van der Waals surface area (Å²) in [5, 5.41) is 0. The van der Waals surface area contributed by atoms with Crippen LogP contribution in [0, 0.1) is 6.92 Å². The highest BCUT2D eigenvalue weighted by Crippen LogP contribution is 2.23. The van der Waals surface area contributed by atoms with Gasteiger partial charge in [-0.05, 0) is 52.7 Å². The molecule has 22 heavy (non-hydrogen) atoms. The highest BCUT2D eigenvalue weighted by atomic mass is 32.2. The van der Waals surface area contributed by atoms with Crippen molar-refractivity contribution >= 4 is 16.9 Å². The topological polar surface area (TPSA) is 46.6 Å². The number of ether oxygens (including phenoxy) is 1. The van der Waals surface area contributed by atoms with Gasteiger partial charge in [-0.3, -0.25) is 4.21 Å². The maximum Gasteiger partial charge on any atom is 0.410 e. The molecule has 0 aliphatic carbocycles. The molecule has 1 saturated heterocycles. The molecule has 0 saturated carbocycles. The highest BCUT2D eigenvalue weighted by molar-refractivity contribution is 7.85. The van der Waals surface area contributed by atoms with Crippen molar-refractivity contribution in [3.63, 3.8) is 0 Å². The van der Waals surface area contributed by atoms with Crippen LogP contribution in [0.25, 0.3) is 0 Å². The van der Waals surface area contributed by atoms with Crippen LogP contribution in [0.1, 0.15) is 39.2 Å². The molecule has 2 rings (SSSR count). The van der Waals surface area contributed by atoms with Gasteiger partial charge in [-0.25, -0.2) is 4.79 Å². The summed E-state index contributed by atoms with van der Waals surface area (Å²) in [6, 6.07) is 7.73. The quantitative estimate of drug-likeness (QED) is 0.855. The Bertz CT molecular complexity index is 548. The van der Waals surface area contributed by atoms with Crippen molar-refractivity contribution in [2.45, 2.75) is 57.1 Å². The second kappa shape index (κ2) is 6.82. The number of carbonyl (C=O) groups excluding carboxylic acids is 1. The van der Waals surface area contributed by atoms with Gasteiger partial charge in [0.25, 0.3) is 0 Å². The molecule has 1 aliphatic heterocycles. The summed E-state index contributed by atoms with van der Waals surface area (Å²) in [6.07, 6.45) is 1.53. The van der Waals surface area contributed by atoms with Crippen molar-refractivity contribution in [2.75, 3.05) is 12.3 Å². The smallest absolute Gasteiger partial charge is 0.410 e. The number of benzene rings is 1. The molecular weight excluding hydrogens is 298 g/mol. The zero-order chi connectivity index (χ0) is 16.3. The zero-order valence-corrected chi connectivity index (χ0v) is 14.6. The lowest BCUT2D eigenvalue weighted by Crippen LogP contribution is -2.42. The number of amides is 1. The van der Waals surface area contributed by atoms with Gasteiger partial charge < -0.3 is 9.64 Å². The third kappa shape index (κ3) is 4.57. The average Bonchev–Trinajstić information content (AvgIpc) is 2.85. The molecule has 1 heterocycles. The lowest BCUT2D eigenvalue weighted by molar-refractivity contribution is 0.0241. The van der Waals surface area contributed by atoms with Crippen LogP contribution in [0.2, 0.25) is 0 Å². The Morgan fingerprint density at radius 3 is 2.55 bits per heavy atom. The molecule has 0 aromatic heterocycles. The van der Waals surface area contributed by atoms with E-state index in [0.717, 1.165) is 23.3 Å². The monoisotopic (exact) mass is 323 g/mol. The Morgan fingerprint density at radius 2 is 1.95 bits per heavy atom. The van der Waals surface area contributed by atoms with E-state index in [4.69, 9.17) is 4.74 Å². The molecule has 1 amide bonds. The van der Waals surface area contributed by atoms with E-state index in [-0.39, 0.29) is 12.1 Å². The minimum absolute atomic E-state index is 0.00279. The molecule has 2 atom stereocenters. The number of likely N-dealkylation sites (tertiary alicyclic amines) is 1. The van der Waals surface area contributed by atoms with E-state index >= 15 is 0 Å². The molecule has 1 aromatic carbocycles. The fourth-order valence-corrected chi connectivity index (χ4v) is 3.86. The Kier molecular flexibility index (Phi) is 5.27. The van der Waals surface area contributed by atoms with Crippen molar-refractivity contribution < 1.29 is 13.7 Å². The number of hydrogen-bond acceptors (Lipinski definition) is 3. The zero-order valence-electron chi connectivity index (χ0n) is 13.8. The lowest BCUT2D eigenvalue weighted by Gasteiger charge is -2.28. The normalized spacial score (nSPS) is 20.0. The van der Waals surface area contributed by atoms with Gasteiger partial charge in [-0.15, -0.1) is 0 Å². The van der Waals surface area contributed by atoms with Gasteiger partial charge in [0, 0.05) is 23.2 Å². The lowest BCUT2D eigenvalue weighted by atomic mass is 10.2. The first-order valence-corrected chi connectivity index (χ1v) is 9.03. The van der Waals surface area contributed by atoms with E-state index in [9.17, 15) is 9.00 Å². The summed E-state index contributed by atoms with van der Waals surface area (Å²) >= 11 is 0. The minimum Gasteiger partial charge on any atom is -0.444 e. The van der Waals surface area contributed by atoms with Crippen LogP contribution in [0.4, 0.5) is 4.79 Å². The Hall–Kier alpha value is -1.36. The molecule has 0 radical (unpaired) electrons. The molecule has 1 fully saturated rings. The van der Waals surface area contributed by atoms with Gasteiger partial charge in [0.15, 0.2) is 0 Å². The Morgan fingerprint density at radius 1 is 1.32 bits per heavy atom. The number of hydrogen-bond donors (Lipinski definition) is 0. The standard InChI is InChI=1S/C17H25NO3S/c1-13-7-9-15(10-8-13)22(20)12-14-6-5-11-18(14)16(19)21-17(2,3)4/h7-10,14H,5-6,11-12H2,1-4H3/t14-,22?/m0/s1. The van der Waals surface area contributed by atoms with Crippen molar-refractivity contribution in [2.24, 2.45) is 0 Å². The van der Waals surface area contributed by atoms with Crippen molar-refractivity contribution in [3.05, 3.63) is 29.8 Å². The molecule has 5 heteroatoms. The van der Waals surface area contributed by atoms with Crippen LogP contribution in [0.5, 0.6) is 0 Å². The maximum atomic E-state index is 12.5. The predicted molar refractivity (Wildman–Crippen MR) is 88.4 cm³/mol. The summed E-state index contributed by atoms with van der Waals surface area (Å²) in [4.78, 5) is 14.8. The van der Waals surface area contributed by atoms with Gasteiger partial charge in [0.1, 0.15) is 5.60 Å². The van der Waals surface area contributed by atoms with Gasteiger partial charge in [0.2, 0.25) is 0 Å². The summed E-state index contributed by atoms with van der Waals surface area (Å²) in [5.41, 5.74) is 0.650. The van der Waals surface area contributed by atoms with E-state index in [0.29, 0.717) is 12.3 Å². The highest BCUT2D eigenvalue weighted by Gasteiger charge is 2.33. The predicted octanol–water partition coefficient (Wildman–Crippen LogP) is 3.50. The van der Waals surface area contributed by atoms with Gasteiger partial charge in [-0.1, -0.05) is 17.7 Å². The molecule has 0 N–H and O–H groups in total. The van der Waals surface area contributed by atoms with Crippen LogP contribution < -0.4 is 0 Å². The second-order valence-corrected chi connectivity index (χ2v) is 8.29. The largest absolute Gasteiger partial charge is 0.444 e. The number of aryl methyl sites for hydroxylation is 1. The third-order valence-corrected chi connectivity index (χ3v) is 5.12. The first-order valence-electron chi connectivity index (χ1n) is 7.71. The molecule has 122 valence electrons. The molecule has 4 nitrogen and oxygen atoms in total. The summed E-state index contributed by atoms with van der Waals surface area (Å²) < 4.78 is 17.9. The van der Waals surface area contributed by atoms with Gasteiger partial charge in [-0.2, -0.15) is 0 Å². The Balaban J connectivity index is 2.00. The fraction of sp³-hybridized carbons (Fsp3) is 0.588. The van der Waals surface area contributed by atoms with Crippen LogP contribution in [-0.4, -0.2) is 39.1 Å². The minimum atomic E-state index is -1.09. The van der Waals surface area contributed by atoms with Gasteiger partial charge in [0.05, 0.1) is 10.8 Å². The van der Waals surface area contributed by atoms with E-state index in [2.05, 4.69) is 0 Å². The second-order valence-electron chi connectivity index (χ2n) is 6.80. The van der Waals surface area contributed by atoms with Crippen LogP contribution >= 0.6 is 0 Å². The van der Waals surface area contributed by atoms with Crippen molar-refractivity contribution in [3.8, 4) is 0 Å². The Labute approximate surface area is 135 Å². The summed E-state index contributed by atoms with van der Waals surface area (Å²) in [6.45, 7) is 8.28. The maximum absolute atomic E-state index is 12.5. The third-order valence-electron chi connectivity index (χ3n) is 3.63. The summed E-state index contributed by atoms with van der Waals surface area (Å²) in [7, 11) is -1.09.